The van der Waals surface area contributed by atoms with Crippen molar-refractivity contribution in [3.05, 3.63) is 47.3 Å². The van der Waals surface area contributed by atoms with Crippen molar-refractivity contribution in [2.24, 2.45) is 11.0 Å². The van der Waals surface area contributed by atoms with Crippen LogP contribution in [-0.4, -0.2) is 35.3 Å². The van der Waals surface area contributed by atoms with Crippen LogP contribution in [0.3, 0.4) is 0 Å². The molecule has 144 valence electrons. The zero-order valence-corrected chi connectivity index (χ0v) is 14.5. The average molecular weight is 379 g/mol. The molecule has 5 N–H and O–H groups in total. The molecular weight excluding hydrogens is 358 g/mol. The number of carbonyl (C=O) groups is 2. The molecule has 1 aliphatic carbocycles. The molecule has 1 fully saturated rings. The van der Waals surface area contributed by atoms with Gasteiger partial charge in [0.15, 0.2) is 0 Å². The van der Waals surface area contributed by atoms with Crippen molar-refractivity contribution >= 4 is 17.5 Å². The fourth-order valence-electron chi connectivity index (χ4n) is 3.26. The van der Waals surface area contributed by atoms with E-state index >= 15 is 0 Å². The number of aliphatic hydroxyl groups excluding tert-OH is 1. The Balaban J connectivity index is 1.62. The van der Waals surface area contributed by atoms with E-state index in [4.69, 9.17) is 0 Å². The molecule has 0 spiro atoms. The summed E-state index contributed by atoms with van der Waals surface area (Å²) < 4.78 is 27.5. The largest absolute Gasteiger partial charge is 0.396 e. The molecule has 0 unspecified atom stereocenters. The highest BCUT2D eigenvalue weighted by molar-refractivity contribution is 6.45. The second kappa shape index (κ2) is 8.36. The molecule has 0 radical (unpaired) electrons. The minimum atomic E-state index is -0.990. The zero-order valence-electron chi connectivity index (χ0n) is 14.5. The maximum atomic E-state index is 13.7. The van der Waals surface area contributed by atoms with Crippen molar-refractivity contribution in [1.29, 1.82) is 0 Å². The van der Waals surface area contributed by atoms with Gasteiger partial charge in [0, 0.05) is 12.6 Å². The molecule has 7 nitrogen and oxygen atoms in total. The van der Waals surface area contributed by atoms with Gasteiger partial charge in [-0.25, -0.2) is 8.78 Å². The normalized spacial score (nSPS) is 22.0. The fraction of sp³-hybridized carbons (Fsp3) is 0.389. The van der Waals surface area contributed by atoms with Crippen LogP contribution in [-0.2, 0) is 4.79 Å². The molecule has 27 heavy (non-hydrogen) atoms. The third-order valence-electron chi connectivity index (χ3n) is 4.79. The van der Waals surface area contributed by atoms with Crippen LogP contribution in [0, 0.1) is 17.6 Å². The van der Waals surface area contributed by atoms with Crippen LogP contribution in [0.5, 0.6) is 0 Å². The summed E-state index contributed by atoms with van der Waals surface area (Å²) in [5, 5.41) is 18.3. The van der Waals surface area contributed by atoms with Crippen molar-refractivity contribution in [1.82, 2.24) is 10.6 Å². The van der Waals surface area contributed by atoms with Gasteiger partial charge in [-0.1, -0.05) is 11.2 Å². The molecule has 1 heterocycles. The fourth-order valence-corrected chi connectivity index (χ4v) is 3.26. The molecule has 0 bridgehead atoms. The van der Waals surface area contributed by atoms with E-state index in [0.29, 0.717) is 0 Å². The highest BCUT2D eigenvalue weighted by atomic mass is 19.1. The van der Waals surface area contributed by atoms with Crippen molar-refractivity contribution < 1.29 is 28.9 Å². The number of aliphatic hydroxyl groups is 1. The lowest BCUT2D eigenvalue weighted by Gasteiger charge is -2.27. The van der Waals surface area contributed by atoms with Crippen LogP contribution in [0.2, 0.25) is 0 Å². The van der Waals surface area contributed by atoms with Gasteiger partial charge in [-0.2, -0.15) is 5.43 Å². The first kappa shape index (κ1) is 19.1. The Morgan fingerprint density at radius 2 is 1.81 bits per heavy atom. The summed E-state index contributed by atoms with van der Waals surface area (Å²) in [6.07, 6.45) is 4.55. The van der Waals surface area contributed by atoms with Gasteiger partial charge in [0.2, 0.25) is 5.71 Å². The molecule has 2 amide bonds. The number of rotatable bonds is 5. The Hall–Kier alpha value is -2.65. The number of nitrogens with zero attached hydrogens (tertiary/aromatic N) is 1. The maximum Gasteiger partial charge on any atom is 0.278 e. The molecule has 9 heteroatoms. The number of hydrogen-bond donors (Lipinski definition) is 4. The topological polar surface area (TPSA) is 107 Å². The molecule has 1 aliphatic heterocycles. The number of carbonyl (C=O) groups excluding carboxylic acids is 2. The molecule has 0 atom stereocenters. The lowest BCUT2D eigenvalue weighted by Crippen LogP contribution is -2.69. The number of hydrogen-bond acceptors (Lipinski definition) is 4. The third kappa shape index (κ3) is 4.37. The van der Waals surface area contributed by atoms with E-state index in [0.717, 1.165) is 43.9 Å². The van der Waals surface area contributed by atoms with E-state index < -0.39 is 29.0 Å². The molecule has 1 aromatic carbocycles. The summed E-state index contributed by atoms with van der Waals surface area (Å²) in [6, 6.07) is 3.09. The van der Waals surface area contributed by atoms with Gasteiger partial charge in [0.1, 0.15) is 29.1 Å². The van der Waals surface area contributed by atoms with E-state index in [2.05, 4.69) is 15.7 Å². The second-order valence-corrected chi connectivity index (χ2v) is 6.63. The summed E-state index contributed by atoms with van der Waals surface area (Å²) in [5.74, 6) is -3.16. The van der Waals surface area contributed by atoms with E-state index in [9.17, 15) is 23.5 Å². The lowest BCUT2D eigenvalue weighted by atomic mass is 9.86. The number of nitrogens with two attached hydrogens (primary N) is 1. The van der Waals surface area contributed by atoms with Crippen molar-refractivity contribution in [2.75, 3.05) is 6.61 Å². The van der Waals surface area contributed by atoms with E-state index in [-0.39, 0.29) is 30.0 Å². The highest BCUT2D eigenvalue weighted by Crippen LogP contribution is 2.23. The number of amides is 2. The van der Waals surface area contributed by atoms with E-state index in [1.165, 1.54) is 11.6 Å². The van der Waals surface area contributed by atoms with Gasteiger partial charge in [-0.05, 0) is 43.7 Å². The first-order valence-corrected chi connectivity index (χ1v) is 8.78. The molecular formula is C18H21F2N4O3+. The molecule has 3 rings (SSSR count). The SMILES string of the molecule is O=C(NC1CCC(CO)CC1)C1=N[NH2+]C=C1NC(=O)c1c(F)cccc1F. The Kier molecular flexibility index (Phi) is 5.92. The second-order valence-electron chi connectivity index (χ2n) is 6.63. The first-order valence-electron chi connectivity index (χ1n) is 8.78. The number of benzene rings is 1. The first-order chi connectivity index (χ1) is 13.0. The summed E-state index contributed by atoms with van der Waals surface area (Å²) >= 11 is 0. The predicted octanol–water partition coefficient (Wildman–Crippen LogP) is 0.136. The highest BCUT2D eigenvalue weighted by Gasteiger charge is 2.30. The third-order valence-corrected chi connectivity index (χ3v) is 4.79. The number of halogens is 2. The Morgan fingerprint density at radius 1 is 1.15 bits per heavy atom. The zero-order chi connectivity index (χ0) is 19.4. The minimum Gasteiger partial charge on any atom is -0.396 e. The molecule has 1 saturated carbocycles. The number of nitrogens with one attached hydrogen (secondary N) is 2. The monoisotopic (exact) mass is 379 g/mol. The predicted molar refractivity (Wildman–Crippen MR) is 92.2 cm³/mol. The number of quaternary nitrogens is 1. The van der Waals surface area contributed by atoms with Crippen molar-refractivity contribution in [3.8, 4) is 0 Å². The van der Waals surface area contributed by atoms with Crippen LogP contribution in [0.15, 0.2) is 35.2 Å². The van der Waals surface area contributed by atoms with Gasteiger partial charge in [-0.3, -0.25) is 9.59 Å². The van der Waals surface area contributed by atoms with Gasteiger partial charge in [0.25, 0.3) is 11.8 Å². The average Bonchev–Trinajstić information content (AvgIpc) is 3.10. The quantitative estimate of drug-likeness (QED) is 0.547. The van der Waals surface area contributed by atoms with Crippen molar-refractivity contribution in [2.45, 2.75) is 31.7 Å². The summed E-state index contributed by atoms with van der Waals surface area (Å²) in [5.41, 5.74) is 0.700. The Morgan fingerprint density at radius 3 is 2.44 bits per heavy atom. The van der Waals surface area contributed by atoms with Crippen LogP contribution in [0.1, 0.15) is 36.0 Å². The van der Waals surface area contributed by atoms with E-state index in [1.807, 2.05) is 0 Å². The maximum absolute atomic E-state index is 13.7. The van der Waals surface area contributed by atoms with Gasteiger partial charge in [-0.15, -0.1) is 0 Å². The molecule has 2 aliphatic rings. The molecule has 0 saturated heterocycles. The molecule has 0 aromatic heterocycles. The van der Waals surface area contributed by atoms with Gasteiger partial charge >= 0.3 is 0 Å². The van der Waals surface area contributed by atoms with Crippen LogP contribution >= 0.6 is 0 Å². The lowest BCUT2D eigenvalue weighted by molar-refractivity contribution is -0.590. The van der Waals surface area contributed by atoms with Crippen LogP contribution < -0.4 is 16.1 Å². The van der Waals surface area contributed by atoms with Gasteiger partial charge < -0.3 is 15.7 Å². The standard InChI is InChI=1S/C18H20F2N4O3/c19-12-2-1-3-13(20)15(12)17(26)23-14-8-21-24-16(14)18(27)22-11-6-4-10(9-25)5-7-11/h1-3,8,10-11,25H,4-7,9H2,(H,21,24)(H,22,27)(H,23,26)/p+1. The molecule has 1 aromatic rings. The summed E-state index contributed by atoms with van der Waals surface area (Å²) in [6.45, 7) is 0.147. The van der Waals surface area contributed by atoms with E-state index in [1.54, 1.807) is 0 Å². The van der Waals surface area contributed by atoms with Gasteiger partial charge in [0.05, 0.1) is 0 Å². The van der Waals surface area contributed by atoms with Crippen LogP contribution in [0.25, 0.3) is 0 Å². The minimum absolute atomic E-state index is 0.00983. The van der Waals surface area contributed by atoms with Crippen molar-refractivity contribution in [3.63, 3.8) is 0 Å². The smallest absolute Gasteiger partial charge is 0.278 e. The summed E-state index contributed by atoms with van der Waals surface area (Å²) in [7, 11) is 0. The Labute approximate surface area is 154 Å². The Bertz CT molecular complexity index is 782. The van der Waals surface area contributed by atoms with Crippen LogP contribution in [0.4, 0.5) is 8.78 Å². The summed E-state index contributed by atoms with van der Waals surface area (Å²) in [4.78, 5) is 24.7.